The van der Waals surface area contributed by atoms with Crippen molar-refractivity contribution in [2.75, 3.05) is 44.0 Å². The van der Waals surface area contributed by atoms with Crippen LogP contribution in [0.15, 0.2) is 28.7 Å². The highest BCUT2D eigenvalue weighted by atomic mass is 79.9. The molecule has 2 nitrogen and oxygen atoms in total. The van der Waals surface area contributed by atoms with Gasteiger partial charge < -0.3 is 10.2 Å². The molecule has 0 amide bonds. The number of rotatable bonds is 7. The predicted molar refractivity (Wildman–Crippen MR) is 78.5 cm³/mol. The fourth-order valence-electron chi connectivity index (χ4n) is 1.34. The molecule has 0 aromatic heterocycles. The Morgan fingerprint density at radius 2 is 2.06 bits per heavy atom. The molecular formula is C12H19BrN2S. The molecule has 1 N–H and O–H groups in total. The molecule has 0 spiro atoms. The summed E-state index contributed by atoms with van der Waals surface area (Å²) in [5.41, 5.74) is 1.17. The van der Waals surface area contributed by atoms with Crippen molar-refractivity contribution in [3.05, 3.63) is 28.7 Å². The second-order valence-corrected chi connectivity index (χ2v) is 5.54. The van der Waals surface area contributed by atoms with Crippen LogP contribution in [0.1, 0.15) is 0 Å². The van der Waals surface area contributed by atoms with Crippen LogP contribution in [0.5, 0.6) is 0 Å². The summed E-state index contributed by atoms with van der Waals surface area (Å²) in [5.74, 6) is 1.20. The van der Waals surface area contributed by atoms with Crippen molar-refractivity contribution in [1.29, 1.82) is 0 Å². The number of halogens is 1. The lowest BCUT2D eigenvalue weighted by atomic mass is 10.3. The molecule has 0 aliphatic heterocycles. The Bertz CT molecular complexity index is 307. The number of nitrogens with one attached hydrogen (secondary N) is 1. The molecule has 1 aromatic rings. The third-order valence-corrected chi connectivity index (χ3v) is 3.64. The van der Waals surface area contributed by atoms with Gasteiger partial charge in [-0.05, 0) is 41.4 Å². The standard InChI is InChI=1S/C12H19BrN2S/c1-15(9-10-16-2)8-7-14-12-6-4-3-5-11(12)13/h3-6,14H,7-10H2,1-2H3. The second-order valence-electron chi connectivity index (χ2n) is 3.70. The van der Waals surface area contributed by atoms with Gasteiger partial charge in [-0.15, -0.1) is 0 Å². The predicted octanol–water partition coefficient (Wildman–Crippen LogP) is 3.16. The number of hydrogen-bond donors (Lipinski definition) is 1. The van der Waals surface area contributed by atoms with Crippen molar-refractivity contribution in [3.8, 4) is 0 Å². The highest BCUT2D eigenvalue weighted by Gasteiger charge is 1.99. The summed E-state index contributed by atoms with van der Waals surface area (Å²) in [6, 6.07) is 8.22. The van der Waals surface area contributed by atoms with Gasteiger partial charge in [0.1, 0.15) is 0 Å². The third-order valence-electron chi connectivity index (χ3n) is 2.36. The molecule has 0 atom stereocenters. The van der Waals surface area contributed by atoms with Crippen molar-refractivity contribution in [3.63, 3.8) is 0 Å². The summed E-state index contributed by atoms with van der Waals surface area (Å²) in [4.78, 5) is 2.35. The van der Waals surface area contributed by atoms with E-state index in [1.165, 1.54) is 11.4 Å². The van der Waals surface area contributed by atoms with Crippen LogP contribution in [0.2, 0.25) is 0 Å². The van der Waals surface area contributed by atoms with Crippen molar-refractivity contribution < 1.29 is 0 Å². The molecule has 0 saturated heterocycles. The Morgan fingerprint density at radius 3 is 2.75 bits per heavy atom. The number of para-hydroxylation sites is 1. The Hall–Kier alpha value is -0.190. The monoisotopic (exact) mass is 302 g/mol. The van der Waals surface area contributed by atoms with Gasteiger partial charge in [0.05, 0.1) is 0 Å². The Kier molecular flexibility index (Phi) is 6.92. The third kappa shape index (κ3) is 5.23. The summed E-state index contributed by atoms with van der Waals surface area (Å²) >= 11 is 5.42. The number of thioether (sulfide) groups is 1. The number of anilines is 1. The zero-order valence-electron chi connectivity index (χ0n) is 9.87. The lowest BCUT2D eigenvalue weighted by molar-refractivity contribution is 0.370. The van der Waals surface area contributed by atoms with Gasteiger partial charge in [-0.25, -0.2) is 0 Å². The fourth-order valence-corrected chi connectivity index (χ4v) is 2.26. The van der Waals surface area contributed by atoms with Crippen molar-refractivity contribution in [2.45, 2.75) is 0 Å². The highest BCUT2D eigenvalue weighted by molar-refractivity contribution is 9.10. The van der Waals surface area contributed by atoms with E-state index in [-0.39, 0.29) is 0 Å². The van der Waals surface area contributed by atoms with Gasteiger partial charge in [0.15, 0.2) is 0 Å². The van der Waals surface area contributed by atoms with Crippen LogP contribution in [0.4, 0.5) is 5.69 Å². The quantitative estimate of drug-likeness (QED) is 0.833. The normalized spacial score (nSPS) is 10.8. The summed E-state index contributed by atoms with van der Waals surface area (Å²) in [7, 11) is 2.16. The van der Waals surface area contributed by atoms with E-state index < -0.39 is 0 Å². The lowest BCUT2D eigenvalue weighted by Crippen LogP contribution is -2.27. The maximum absolute atomic E-state index is 3.53. The van der Waals surface area contributed by atoms with E-state index in [2.05, 4.69) is 51.6 Å². The van der Waals surface area contributed by atoms with Gasteiger partial charge in [0, 0.05) is 35.5 Å². The Morgan fingerprint density at radius 1 is 1.31 bits per heavy atom. The average molecular weight is 303 g/mol. The maximum atomic E-state index is 3.53. The van der Waals surface area contributed by atoms with E-state index in [9.17, 15) is 0 Å². The van der Waals surface area contributed by atoms with E-state index in [1.54, 1.807) is 0 Å². The molecule has 1 aromatic carbocycles. The summed E-state index contributed by atoms with van der Waals surface area (Å²) in [5, 5.41) is 3.42. The summed E-state index contributed by atoms with van der Waals surface area (Å²) < 4.78 is 1.13. The largest absolute Gasteiger partial charge is 0.383 e. The molecule has 0 unspecified atom stereocenters. The number of benzene rings is 1. The van der Waals surface area contributed by atoms with Gasteiger partial charge >= 0.3 is 0 Å². The Balaban J connectivity index is 2.23. The van der Waals surface area contributed by atoms with Crippen LogP contribution in [0, 0.1) is 0 Å². The summed E-state index contributed by atoms with van der Waals surface area (Å²) in [6.45, 7) is 3.20. The van der Waals surface area contributed by atoms with Gasteiger partial charge in [0.25, 0.3) is 0 Å². The van der Waals surface area contributed by atoms with Gasteiger partial charge in [-0.3, -0.25) is 0 Å². The first-order valence-electron chi connectivity index (χ1n) is 5.40. The molecule has 1 rings (SSSR count). The van der Waals surface area contributed by atoms with Crippen molar-refractivity contribution in [2.24, 2.45) is 0 Å². The number of nitrogens with zero attached hydrogens (tertiary/aromatic N) is 1. The van der Waals surface area contributed by atoms with Gasteiger partial charge in [0.2, 0.25) is 0 Å². The molecule has 0 saturated carbocycles. The van der Waals surface area contributed by atoms with Gasteiger partial charge in [-0.1, -0.05) is 12.1 Å². The van der Waals surface area contributed by atoms with Crippen LogP contribution in [0.3, 0.4) is 0 Å². The minimum absolute atomic E-state index is 0.980. The van der Waals surface area contributed by atoms with Crippen molar-refractivity contribution >= 4 is 33.4 Å². The van der Waals surface area contributed by atoms with E-state index >= 15 is 0 Å². The number of likely N-dealkylation sites (N-methyl/N-ethyl adjacent to an activating group) is 1. The maximum Gasteiger partial charge on any atom is 0.0485 e. The summed E-state index contributed by atoms with van der Waals surface area (Å²) in [6.07, 6.45) is 2.15. The van der Waals surface area contributed by atoms with Crippen LogP contribution in [-0.4, -0.2) is 43.6 Å². The van der Waals surface area contributed by atoms with E-state index in [1.807, 2.05) is 23.9 Å². The van der Waals surface area contributed by atoms with Crippen LogP contribution >= 0.6 is 27.7 Å². The molecule has 0 aliphatic carbocycles. The topological polar surface area (TPSA) is 15.3 Å². The Labute approximate surface area is 111 Å². The smallest absolute Gasteiger partial charge is 0.0485 e. The first-order chi connectivity index (χ1) is 7.74. The van der Waals surface area contributed by atoms with Gasteiger partial charge in [-0.2, -0.15) is 11.8 Å². The molecule has 4 heteroatoms. The SMILES string of the molecule is CSCCN(C)CCNc1ccccc1Br. The highest BCUT2D eigenvalue weighted by Crippen LogP contribution is 2.20. The zero-order chi connectivity index (χ0) is 11.8. The van der Waals surface area contributed by atoms with E-state index in [0.717, 1.165) is 24.1 Å². The molecule has 0 heterocycles. The minimum atomic E-state index is 0.980. The van der Waals surface area contributed by atoms with Crippen molar-refractivity contribution in [1.82, 2.24) is 4.90 Å². The number of hydrogen-bond acceptors (Lipinski definition) is 3. The molecule has 0 fully saturated rings. The van der Waals surface area contributed by atoms with Crippen LogP contribution < -0.4 is 5.32 Å². The van der Waals surface area contributed by atoms with E-state index in [4.69, 9.17) is 0 Å². The molecule has 0 aliphatic rings. The molecule has 16 heavy (non-hydrogen) atoms. The second kappa shape index (κ2) is 7.98. The van der Waals surface area contributed by atoms with Crippen LogP contribution in [0.25, 0.3) is 0 Å². The zero-order valence-corrected chi connectivity index (χ0v) is 12.3. The van der Waals surface area contributed by atoms with Crippen LogP contribution in [-0.2, 0) is 0 Å². The molecular weight excluding hydrogens is 284 g/mol. The average Bonchev–Trinajstić information content (AvgIpc) is 2.29. The lowest BCUT2D eigenvalue weighted by Gasteiger charge is -2.17. The molecule has 0 radical (unpaired) electrons. The minimum Gasteiger partial charge on any atom is -0.383 e. The van der Waals surface area contributed by atoms with E-state index in [0.29, 0.717) is 0 Å². The molecule has 90 valence electrons. The first kappa shape index (κ1) is 13.9. The molecule has 0 bridgehead atoms. The first-order valence-corrected chi connectivity index (χ1v) is 7.58. The fraction of sp³-hybridized carbons (Fsp3) is 0.500.